The number of rotatable bonds is 5. The van der Waals surface area contributed by atoms with Gasteiger partial charge in [0.2, 0.25) is 0 Å². The molecule has 1 aromatic heterocycles. The summed E-state index contributed by atoms with van der Waals surface area (Å²) in [5.41, 5.74) is 2.72. The molecule has 0 atom stereocenters. The van der Waals surface area contributed by atoms with Gasteiger partial charge in [0.15, 0.2) is 11.6 Å². The monoisotopic (exact) mass is 341 g/mol. The third-order valence-corrected chi connectivity index (χ3v) is 4.40. The van der Waals surface area contributed by atoms with Crippen molar-refractivity contribution in [3.63, 3.8) is 0 Å². The highest BCUT2D eigenvalue weighted by atomic mass is 32.1. The number of hydrogen-bond donors (Lipinski definition) is 1. The van der Waals surface area contributed by atoms with E-state index < -0.39 is 5.82 Å². The number of nitrogens with one attached hydrogen (secondary N) is 1. The van der Waals surface area contributed by atoms with E-state index in [9.17, 15) is 9.18 Å². The van der Waals surface area contributed by atoms with Crippen LogP contribution < -0.4 is 10.1 Å². The second-order valence-electron chi connectivity index (χ2n) is 5.36. The summed E-state index contributed by atoms with van der Waals surface area (Å²) in [4.78, 5) is 12.8. The molecule has 0 spiro atoms. The first-order chi connectivity index (χ1) is 11.6. The number of amides is 1. The number of thiophene rings is 1. The molecule has 122 valence electrons. The predicted octanol–water partition coefficient (Wildman–Crippen LogP) is 5.03. The standard InChI is InChI=1S/C19H16FNO2S/c1-13-6-8-15(9-7-13)21-19(22)18-10-14(12-24-18)11-23-17-5-3-2-4-16(17)20/h2-10,12H,11H2,1H3,(H,21,22). The van der Waals surface area contributed by atoms with Crippen LogP contribution in [0.25, 0.3) is 0 Å². The number of carbonyl (C=O) groups excluding carboxylic acids is 1. The number of benzene rings is 2. The first-order valence-corrected chi connectivity index (χ1v) is 8.32. The molecule has 0 radical (unpaired) electrons. The van der Waals surface area contributed by atoms with E-state index in [0.717, 1.165) is 16.8 Å². The van der Waals surface area contributed by atoms with Gasteiger partial charge >= 0.3 is 0 Å². The maximum Gasteiger partial charge on any atom is 0.265 e. The fourth-order valence-electron chi connectivity index (χ4n) is 2.12. The Labute approximate surface area is 143 Å². The smallest absolute Gasteiger partial charge is 0.265 e. The highest BCUT2D eigenvalue weighted by Crippen LogP contribution is 2.21. The highest BCUT2D eigenvalue weighted by molar-refractivity contribution is 7.12. The lowest BCUT2D eigenvalue weighted by Crippen LogP contribution is -2.10. The summed E-state index contributed by atoms with van der Waals surface area (Å²) in [6.07, 6.45) is 0. The van der Waals surface area contributed by atoms with Crippen LogP contribution in [0.5, 0.6) is 5.75 Å². The summed E-state index contributed by atoms with van der Waals surface area (Å²) in [7, 11) is 0. The molecule has 0 saturated heterocycles. The molecule has 0 saturated carbocycles. The summed E-state index contributed by atoms with van der Waals surface area (Å²) < 4.78 is 19.0. The van der Waals surface area contributed by atoms with Gasteiger partial charge < -0.3 is 10.1 Å². The molecule has 0 aliphatic carbocycles. The largest absolute Gasteiger partial charge is 0.486 e. The fourth-order valence-corrected chi connectivity index (χ4v) is 2.91. The molecule has 1 amide bonds. The average Bonchev–Trinajstić information content (AvgIpc) is 3.05. The number of hydrogen-bond acceptors (Lipinski definition) is 3. The van der Waals surface area contributed by atoms with Crippen LogP contribution in [0.2, 0.25) is 0 Å². The Balaban J connectivity index is 1.61. The Hall–Kier alpha value is -2.66. The van der Waals surface area contributed by atoms with Crippen LogP contribution in [-0.4, -0.2) is 5.91 Å². The van der Waals surface area contributed by atoms with Crippen molar-refractivity contribution in [3.05, 3.63) is 81.8 Å². The molecular formula is C19H16FNO2S. The van der Waals surface area contributed by atoms with Crippen molar-refractivity contribution in [1.29, 1.82) is 0 Å². The summed E-state index contributed by atoms with van der Waals surface area (Å²) in [6.45, 7) is 2.21. The van der Waals surface area contributed by atoms with Crippen molar-refractivity contribution >= 4 is 22.9 Å². The molecule has 3 aromatic rings. The number of carbonyl (C=O) groups is 1. The van der Waals surface area contributed by atoms with E-state index in [2.05, 4.69) is 5.32 Å². The lowest BCUT2D eigenvalue weighted by molar-refractivity contribution is 0.103. The normalized spacial score (nSPS) is 10.4. The van der Waals surface area contributed by atoms with E-state index in [1.807, 2.05) is 36.6 Å². The van der Waals surface area contributed by atoms with Crippen LogP contribution in [0, 0.1) is 12.7 Å². The minimum atomic E-state index is -0.398. The Morgan fingerprint density at radius 2 is 1.92 bits per heavy atom. The zero-order chi connectivity index (χ0) is 16.9. The van der Waals surface area contributed by atoms with Crippen LogP contribution in [0.1, 0.15) is 20.8 Å². The SMILES string of the molecule is Cc1ccc(NC(=O)c2cc(COc3ccccc3F)cs2)cc1. The van der Waals surface area contributed by atoms with E-state index in [0.29, 0.717) is 4.88 Å². The zero-order valence-electron chi connectivity index (χ0n) is 13.1. The van der Waals surface area contributed by atoms with Crippen molar-refractivity contribution in [2.45, 2.75) is 13.5 Å². The second-order valence-corrected chi connectivity index (χ2v) is 6.27. The molecule has 0 unspecified atom stereocenters. The average molecular weight is 341 g/mol. The molecular weight excluding hydrogens is 325 g/mol. The van der Waals surface area contributed by atoms with Crippen LogP contribution in [0.4, 0.5) is 10.1 Å². The summed E-state index contributed by atoms with van der Waals surface area (Å²) in [6, 6.07) is 15.6. The number of aryl methyl sites for hydroxylation is 1. The number of halogens is 1. The quantitative estimate of drug-likeness (QED) is 0.707. The van der Waals surface area contributed by atoms with Crippen molar-refractivity contribution < 1.29 is 13.9 Å². The van der Waals surface area contributed by atoms with E-state index in [-0.39, 0.29) is 18.3 Å². The third kappa shape index (κ3) is 4.00. The van der Waals surface area contributed by atoms with Gasteiger partial charge in [-0.2, -0.15) is 0 Å². The van der Waals surface area contributed by atoms with Crippen LogP contribution in [0.3, 0.4) is 0 Å². The number of anilines is 1. The van der Waals surface area contributed by atoms with E-state index >= 15 is 0 Å². The molecule has 24 heavy (non-hydrogen) atoms. The van der Waals surface area contributed by atoms with Crippen molar-refractivity contribution in [2.75, 3.05) is 5.32 Å². The van der Waals surface area contributed by atoms with Gasteiger partial charge in [-0.05, 0) is 42.6 Å². The Kier molecular flexibility index (Phi) is 4.91. The molecule has 1 heterocycles. The molecule has 0 bridgehead atoms. The maximum absolute atomic E-state index is 13.5. The van der Waals surface area contributed by atoms with Gasteiger partial charge in [-0.25, -0.2) is 4.39 Å². The predicted molar refractivity (Wildman–Crippen MR) is 94.2 cm³/mol. The summed E-state index contributed by atoms with van der Waals surface area (Å²) in [5.74, 6) is -0.361. The maximum atomic E-state index is 13.5. The van der Waals surface area contributed by atoms with Gasteiger partial charge in [0.1, 0.15) is 6.61 Å². The van der Waals surface area contributed by atoms with Gasteiger partial charge in [0, 0.05) is 11.3 Å². The van der Waals surface area contributed by atoms with E-state index in [1.54, 1.807) is 24.3 Å². The Bertz CT molecular complexity index is 843. The van der Waals surface area contributed by atoms with Gasteiger partial charge in [-0.1, -0.05) is 29.8 Å². The first kappa shape index (κ1) is 16.2. The lowest BCUT2D eigenvalue weighted by Gasteiger charge is -2.05. The molecule has 3 nitrogen and oxygen atoms in total. The molecule has 2 aromatic carbocycles. The van der Waals surface area contributed by atoms with Crippen molar-refractivity contribution in [1.82, 2.24) is 0 Å². The second kappa shape index (κ2) is 7.27. The van der Waals surface area contributed by atoms with Gasteiger partial charge in [0.05, 0.1) is 4.88 Å². The van der Waals surface area contributed by atoms with Gasteiger partial charge in [-0.3, -0.25) is 4.79 Å². The molecule has 5 heteroatoms. The van der Waals surface area contributed by atoms with Crippen LogP contribution in [0.15, 0.2) is 60.0 Å². The molecule has 0 aliphatic rings. The summed E-state index contributed by atoms with van der Waals surface area (Å²) >= 11 is 1.33. The van der Waals surface area contributed by atoms with E-state index in [1.165, 1.54) is 17.4 Å². The minimum absolute atomic E-state index is 0.166. The van der Waals surface area contributed by atoms with Gasteiger partial charge in [0.25, 0.3) is 5.91 Å². The zero-order valence-corrected chi connectivity index (χ0v) is 13.9. The third-order valence-electron chi connectivity index (χ3n) is 3.42. The topological polar surface area (TPSA) is 38.3 Å². The van der Waals surface area contributed by atoms with Gasteiger partial charge in [-0.15, -0.1) is 11.3 Å². The van der Waals surface area contributed by atoms with E-state index in [4.69, 9.17) is 4.74 Å². The summed E-state index contributed by atoms with van der Waals surface area (Å²) in [5, 5.41) is 4.69. The first-order valence-electron chi connectivity index (χ1n) is 7.44. The number of ether oxygens (including phenoxy) is 1. The molecule has 1 N–H and O–H groups in total. The van der Waals surface area contributed by atoms with Crippen molar-refractivity contribution in [3.8, 4) is 5.75 Å². The molecule has 3 rings (SSSR count). The lowest BCUT2D eigenvalue weighted by atomic mass is 10.2. The Morgan fingerprint density at radius 1 is 1.17 bits per heavy atom. The minimum Gasteiger partial charge on any atom is -0.486 e. The number of para-hydroxylation sites is 1. The highest BCUT2D eigenvalue weighted by Gasteiger charge is 2.10. The fraction of sp³-hybridized carbons (Fsp3) is 0.105. The molecule has 0 fully saturated rings. The molecule has 0 aliphatic heterocycles. The van der Waals surface area contributed by atoms with Crippen LogP contribution in [-0.2, 0) is 6.61 Å². The Morgan fingerprint density at radius 3 is 2.67 bits per heavy atom. The van der Waals surface area contributed by atoms with Crippen LogP contribution >= 0.6 is 11.3 Å². The van der Waals surface area contributed by atoms with Crippen molar-refractivity contribution in [2.24, 2.45) is 0 Å².